The molecule has 6 heteroatoms. The number of fused-ring (bicyclic) bond motifs is 3. The number of phenolic OH excluding ortho intramolecular Hbond substituents is 1. The Kier molecular flexibility index (Phi) is 4.67. The maximum absolute atomic E-state index is 11.6. The molecule has 1 aromatic heterocycles. The molecule has 5 rings (SSSR count). The number of carbonyl (C=O) groups excluding carboxylic acids is 1. The Morgan fingerprint density at radius 2 is 2.00 bits per heavy atom. The number of hydrogen-bond acceptors (Lipinski definition) is 6. The number of esters is 1. The number of aromatic hydroxyl groups is 1. The molecule has 2 heterocycles. The highest BCUT2D eigenvalue weighted by molar-refractivity contribution is 5.97. The van der Waals surface area contributed by atoms with Gasteiger partial charge in [0.15, 0.2) is 0 Å². The summed E-state index contributed by atoms with van der Waals surface area (Å²) in [5.74, 6) is -0.0569. The van der Waals surface area contributed by atoms with Crippen LogP contribution in [0.1, 0.15) is 11.1 Å². The van der Waals surface area contributed by atoms with Gasteiger partial charge in [-0.05, 0) is 52.4 Å². The number of carbonyl (C=O) groups is 1. The van der Waals surface area contributed by atoms with Crippen molar-refractivity contribution in [3.63, 3.8) is 0 Å². The lowest BCUT2D eigenvalue weighted by Gasteiger charge is -2.14. The fraction of sp³-hybridized carbons (Fsp3) is 0.120. The molecular formula is C25H21N3O3. The van der Waals surface area contributed by atoms with E-state index in [0.29, 0.717) is 6.54 Å². The average Bonchev–Trinajstić information content (AvgIpc) is 2.97. The van der Waals surface area contributed by atoms with Gasteiger partial charge in [0.25, 0.3) is 0 Å². The molecule has 0 saturated carbocycles. The van der Waals surface area contributed by atoms with Crippen LogP contribution in [-0.4, -0.2) is 23.2 Å². The zero-order valence-electron chi connectivity index (χ0n) is 17.0. The first-order chi connectivity index (χ1) is 15.1. The third-order valence-corrected chi connectivity index (χ3v) is 5.60. The van der Waals surface area contributed by atoms with Gasteiger partial charge in [-0.3, -0.25) is 9.78 Å². The van der Waals surface area contributed by atoms with E-state index >= 15 is 0 Å². The Morgan fingerprint density at radius 1 is 1.10 bits per heavy atom. The van der Waals surface area contributed by atoms with Crippen molar-refractivity contribution >= 4 is 33.8 Å². The Hall–Kier alpha value is -4.06. The van der Waals surface area contributed by atoms with Gasteiger partial charge in [0.2, 0.25) is 0 Å². The minimum atomic E-state index is -0.280. The summed E-state index contributed by atoms with van der Waals surface area (Å²) < 4.78 is 4.76. The number of rotatable bonds is 3. The third kappa shape index (κ3) is 3.53. The summed E-state index contributed by atoms with van der Waals surface area (Å²) in [5, 5.41) is 19.8. The van der Waals surface area contributed by atoms with Crippen LogP contribution in [0.3, 0.4) is 0 Å². The minimum absolute atomic E-state index is 0.212. The summed E-state index contributed by atoms with van der Waals surface area (Å²) in [7, 11) is 1.38. The van der Waals surface area contributed by atoms with Crippen LogP contribution in [0.4, 0.5) is 17.1 Å². The highest BCUT2D eigenvalue weighted by Gasteiger charge is 2.18. The van der Waals surface area contributed by atoms with Crippen LogP contribution in [0.5, 0.6) is 5.75 Å². The van der Waals surface area contributed by atoms with E-state index in [1.54, 1.807) is 12.3 Å². The SMILES string of the molecule is COC(=O)Cc1ccc2c(c1)NCc1c(O)cc(-c3cccc4cnccc34)cc1N2. The number of anilines is 3. The van der Waals surface area contributed by atoms with E-state index in [-0.39, 0.29) is 18.1 Å². The molecule has 0 fully saturated rings. The zero-order valence-corrected chi connectivity index (χ0v) is 17.0. The van der Waals surface area contributed by atoms with Crippen molar-refractivity contribution < 1.29 is 14.6 Å². The Balaban J connectivity index is 1.55. The molecule has 0 aliphatic carbocycles. The van der Waals surface area contributed by atoms with Gasteiger partial charge in [0.1, 0.15) is 5.75 Å². The first-order valence-corrected chi connectivity index (χ1v) is 10.0. The van der Waals surface area contributed by atoms with Crippen LogP contribution < -0.4 is 10.6 Å². The lowest BCUT2D eigenvalue weighted by molar-refractivity contribution is -0.139. The van der Waals surface area contributed by atoms with E-state index in [9.17, 15) is 9.90 Å². The molecule has 3 N–H and O–H groups in total. The molecule has 0 radical (unpaired) electrons. The summed E-state index contributed by atoms with van der Waals surface area (Å²) in [6, 6.07) is 17.7. The van der Waals surface area contributed by atoms with Crippen LogP contribution in [0.2, 0.25) is 0 Å². The van der Waals surface area contributed by atoms with Gasteiger partial charge in [0.05, 0.1) is 24.9 Å². The molecule has 1 aliphatic rings. The lowest BCUT2D eigenvalue weighted by atomic mass is 9.97. The molecule has 31 heavy (non-hydrogen) atoms. The number of methoxy groups -OCH3 is 1. The fourth-order valence-corrected chi connectivity index (χ4v) is 4.01. The molecule has 1 aliphatic heterocycles. The van der Waals surface area contributed by atoms with Crippen LogP contribution in [0, 0.1) is 0 Å². The molecule has 0 amide bonds. The molecule has 0 spiro atoms. The first-order valence-electron chi connectivity index (χ1n) is 10.0. The van der Waals surface area contributed by atoms with Gasteiger partial charge in [-0.15, -0.1) is 0 Å². The molecule has 154 valence electrons. The Morgan fingerprint density at radius 3 is 2.87 bits per heavy atom. The number of aromatic nitrogens is 1. The predicted octanol–water partition coefficient (Wildman–Crippen LogP) is 4.99. The molecule has 0 unspecified atom stereocenters. The van der Waals surface area contributed by atoms with Crippen molar-refractivity contribution in [1.29, 1.82) is 0 Å². The van der Waals surface area contributed by atoms with Crippen LogP contribution in [0.25, 0.3) is 21.9 Å². The summed E-state index contributed by atoms with van der Waals surface area (Å²) in [4.78, 5) is 15.8. The number of hydrogen-bond donors (Lipinski definition) is 3. The number of benzene rings is 3. The van der Waals surface area contributed by atoms with Crippen LogP contribution in [-0.2, 0) is 22.5 Å². The number of pyridine rings is 1. The normalized spacial score (nSPS) is 12.2. The van der Waals surface area contributed by atoms with Gasteiger partial charge in [-0.1, -0.05) is 24.3 Å². The predicted molar refractivity (Wildman–Crippen MR) is 122 cm³/mol. The monoisotopic (exact) mass is 411 g/mol. The fourth-order valence-electron chi connectivity index (χ4n) is 4.01. The number of ether oxygens (including phenoxy) is 1. The minimum Gasteiger partial charge on any atom is -0.507 e. The topological polar surface area (TPSA) is 83.5 Å². The third-order valence-electron chi connectivity index (χ3n) is 5.60. The highest BCUT2D eigenvalue weighted by Crippen LogP contribution is 2.40. The first kappa shape index (κ1) is 18.9. The van der Waals surface area contributed by atoms with Crippen molar-refractivity contribution in [3.05, 3.63) is 78.1 Å². The van der Waals surface area contributed by atoms with Gasteiger partial charge < -0.3 is 20.5 Å². The van der Waals surface area contributed by atoms with Gasteiger partial charge in [0, 0.05) is 35.6 Å². The second-order valence-corrected chi connectivity index (χ2v) is 7.54. The molecule has 0 atom stereocenters. The van der Waals surface area contributed by atoms with Gasteiger partial charge >= 0.3 is 5.97 Å². The van der Waals surface area contributed by atoms with Crippen molar-refractivity contribution in [1.82, 2.24) is 4.98 Å². The second kappa shape index (κ2) is 7.65. The summed E-state index contributed by atoms with van der Waals surface area (Å²) >= 11 is 0. The van der Waals surface area contributed by atoms with E-state index in [4.69, 9.17) is 4.74 Å². The van der Waals surface area contributed by atoms with Crippen molar-refractivity contribution in [2.24, 2.45) is 0 Å². The number of nitrogens with zero attached hydrogens (tertiary/aromatic N) is 1. The lowest BCUT2D eigenvalue weighted by Crippen LogP contribution is -2.05. The van der Waals surface area contributed by atoms with Gasteiger partial charge in [-0.25, -0.2) is 0 Å². The number of nitrogens with one attached hydrogen (secondary N) is 2. The second-order valence-electron chi connectivity index (χ2n) is 7.54. The summed E-state index contributed by atoms with van der Waals surface area (Å²) in [5.41, 5.74) is 6.20. The van der Waals surface area contributed by atoms with E-state index in [2.05, 4.69) is 21.7 Å². The number of phenols is 1. The van der Waals surface area contributed by atoms with Crippen LogP contribution in [0.15, 0.2) is 67.0 Å². The Labute approximate surface area is 179 Å². The Bertz CT molecular complexity index is 1310. The summed E-state index contributed by atoms with van der Waals surface area (Å²) in [6.07, 6.45) is 3.83. The van der Waals surface area contributed by atoms with Crippen molar-refractivity contribution in [2.45, 2.75) is 13.0 Å². The zero-order chi connectivity index (χ0) is 21.4. The molecule has 6 nitrogen and oxygen atoms in total. The van der Waals surface area contributed by atoms with Gasteiger partial charge in [-0.2, -0.15) is 0 Å². The van der Waals surface area contributed by atoms with Crippen LogP contribution >= 0.6 is 0 Å². The molecular weight excluding hydrogens is 390 g/mol. The molecule has 0 saturated heterocycles. The molecule has 4 aromatic rings. The quantitative estimate of drug-likeness (QED) is 0.412. The van der Waals surface area contributed by atoms with E-state index < -0.39 is 0 Å². The molecule has 3 aromatic carbocycles. The standard InChI is InChI=1S/C25H21N3O3/c1-31-25(30)10-15-5-6-21-23(9-15)27-14-20-22(28-21)11-17(12-24(20)29)18-4-2-3-16-13-26-8-7-19(16)18/h2-9,11-13,27-29H,10,14H2,1H3. The highest BCUT2D eigenvalue weighted by atomic mass is 16.5. The maximum Gasteiger partial charge on any atom is 0.309 e. The van der Waals surface area contributed by atoms with E-state index in [0.717, 1.165) is 50.1 Å². The van der Waals surface area contributed by atoms with Crippen molar-refractivity contribution in [2.75, 3.05) is 17.7 Å². The van der Waals surface area contributed by atoms with Crippen molar-refractivity contribution in [3.8, 4) is 16.9 Å². The van der Waals surface area contributed by atoms with E-state index in [1.165, 1.54) is 7.11 Å². The molecule has 0 bridgehead atoms. The maximum atomic E-state index is 11.6. The smallest absolute Gasteiger partial charge is 0.309 e. The average molecular weight is 411 g/mol. The summed E-state index contributed by atoms with van der Waals surface area (Å²) in [6.45, 7) is 0.461. The largest absolute Gasteiger partial charge is 0.507 e. The van der Waals surface area contributed by atoms with E-state index in [1.807, 2.05) is 48.7 Å².